The van der Waals surface area contributed by atoms with Crippen LogP contribution in [0, 0.1) is 0 Å². The molecule has 0 radical (unpaired) electrons. The van der Waals surface area contributed by atoms with E-state index in [0.29, 0.717) is 19.3 Å². The van der Waals surface area contributed by atoms with Crippen molar-refractivity contribution in [3.8, 4) is 0 Å². The second-order valence-electron chi connectivity index (χ2n) is 6.76. The Morgan fingerprint density at radius 2 is 1.65 bits per heavy atom. The Kier molecular flexibility index (Phi) is 11.0. The highest BCUT2D eigenvalue weighted by Crippen LogP contribution is 2.09. The Hall–Kier alpha value is -2.17. The van der Waals surface area contributed by atoms with Gasteiger partial charge in [0.1, 0.15) is 0 Å². The highest BCUT2D eigenvalue weighted by molar-refractivity contribution is 5.92. The lowest BCUT2D eigenvalue weighted by Crippen LogP contribution is -2.43. The molecular weight excluding hydrogens is 328 g/mol. The lowest BCUT2D eigenvalue weighted by molar-refractivity contribution is -0.130. The largest absolute Gasteiger partial charge is 0.370 e. The van der Waals surface area contributed by atoms with Gasteiger partial charge in [0.05, 0.1) is 12.5 Å². The molecule has 0 aliphatic carbocycles. The number of hydrogen-bond acceptors (Lipinski definition) is 3. The maximum Gasteiger partial charge on any atom is 0.220 e. The molecule has 3 N–H and O–H groups in total. The lowest BCUT2D eigenvalue weighted by Gasteiger charge is -2.16. The van der Waals surface area contributed by atoms with Crippen LogP contribution in [0.15, 0.2) is 30.3 Å². The van der Waals surface area contributed by atoms with Gasteiger partial charge in [0.15, 0.2) is 5.78 Å². The first-order chi connectivity index (χ1) is 12.5. The molecule has 1 aromatic carbocycles. The summed E-state index contributed by atoms with van der Waals surface area (Å²) in [6.07, 6.45) is 7.31. The molecule has 0 aliphatic heterocycles. The Morgan fingerprint density at radius 3 is 2.31 bits per heavy atom. The molecule has 0 unspecified atom stereocenters. The molecule has 144 valence electrons. The third-order valence-corrected chi connectivity index (χ3v) is 4.37. The summed E-state index contributed by atoms with van der Waals surface area (Å²) in [6, 6.07) is 9.13. The first-order valence-corrected chi connectivity index (χ1v) is 9.67. The summed E-state index contributed by atoms with van der Waals surface area (Å²) in [5, 5.41) is 2.70. The molecule has 5 heteroatoms. The van der Waals surface area contributed by atoms with Crippen molar-refractivity contribution >= 4 is 17.6 Å². The molecule has 0 spiro atoms. The quantitative estimate of drug-likeness (QED) is 0.499. The summed E-state index contributed by atoms with van der Waals surface area (Å²) in [5.41, 5.74) is 6.41. The molecule has 5 nitrogen and oxygen atoms in total. The van der Waals surface area contributed by atoms with Gasteiger partial charge in [-0.05, 0) is 24.8 Å². The number of hydrogen-bond donors (Lipinski definition) is 2. The van der Waals surface area contributed by atoms with Gasteiger partial charge in [0.25, 0.3) is 0 Å². The van der Waals surface area contributed by atoms with Crippen molar-refractivity contribution < 1.29 is 14.4 Å². The van der Waals surface area contributed by atoms with E-state index in [0.717, 1.165) is 32.1 Å². The van der Waals surface area contributed by atoms with Crippen LogP contribution in [0.2, 0.25) is 0 Å². The summed E-state index contributed by atoms with van der Waals surface area (Å²) in [7, 11) is 0. The van der Waals surface area contributed by atoms with Crippen LogP contribution in [-0.2, 0) is 20.8 Å². The molecule has 0 saturated carbocycles. The van der Waals surface area contributed by atoms with Crippen molar-refractivity contribution in [2.45, 2.75) is 77.2 Å². The van der Waals surface area contributed by atoms with E-state index in [-0.39, 0.29) is 18.1 Å². The Bertz CT molecular complexity index is 558. The number of Topliss-reactive ketones (excluding diaryl/α,β-unsaturated/α-hetero) is 1. The number of amides is 2. The Balaban J connectivity index is 2.39. The van der Waals surface area contributed by atoms with E-state index < -0.39 is 11.9 Å². The van der Waals surface area contributed by atoms with Crippen LogP contribution in [0.3, 0.4) is 0 Å². The average molecular weight is 360 g/mol. The van der Waals surface area contributed by atoms with Crippen LogP contribution >= 0.6 is 0 Å². The molecule has 0 bridgehead atoms. The Morgan fingerprint density at radius 1 is 0.962 bits per heavy atom. The van der Waals surface area contributed by atoms with E-state index in [1.54, 1.807) is 0 Å². The number of primary amides is 1. The van der Waals surface area contributed by atoms with E-state index >= 15 is 0 Å². The fourth-order valence-corrected chi connectivity index (χ4v) is 2.89. The number of nitrogens with two attached hydrogens (primary N) is 1. The summed E-state index contributed by atoms with van der Waals surface area (Å²) < 4.78 is 0. The number of carbonyl (C=O) groups excluding carboxylic acids is 3. The van der Waals surface area contributed by atoms with Gasteiger partial charge in [0, 0.05) is 12.8 Å². The SMILES string of the molecule is CCCCCCCC(=O)N[C@H](CC(N)=O)C(=O)CCCc1ccccc1. The highest BCUT2D eigenvalue weighted by atomic mass is 16.2. The topological polar surface area (TPSA) is 89.3 Å². The van der Waals surface area contributed by atoms with E-state index in [4.69, 9.17) is 5.73 Å². The predicted octanol–water partition coefficient (Wildman–Crippen LogP) is 3.30. The van der Waals surface area contributed by atoms with Crippen molar-refractivity contribution in [3.05, 3.63) is 35.9 Å². The summed E-state index contributed by atoms with van der Waals surface area (Å²) >= 11 is 0. The smallest absolute Gasteiger partial charge is 0.220 e. The molecule has 0 aliphatic rings. The zero-order valence-electron chi connectivity index (χ0n) is 15.8. The zero-order chi connectivity index (χ0) is 19.2. The third kappa shape index (κ3) is 9.97. The normalized spacial score (nSPS) is 11.7. The molecule has 0 aromatic heterocycles. The molecule has 1 aromatic rings. The predicted molar refractivity (Wildman–Crippen MR) is 104 cm³/mol. The summed E-state index contributed by atoms with van der Waals surface area (Å²) in [4.78, 5) is 35.7. The average Bonchev–Trinajstić information content (AvgIpc) is 2.61. The number of ketones is 1. The fourth-order valence-electron chi connectivity index (χ4n) is 2.89. The van der Waals surface area contributed by atoms with Crippen molar-refractivity contribution in [1.82, 2.24) is 5.32 Å². The standard InChI is InChI=1S/C21H32N2O3/c1-2-3-4-5-9-15-21(26)23-18(16-20(22)25)19(24)14-10-13-17-11-7-6-8-12-17/h6-8,11-12,18H,2-5,9-10,13-16H2,1H3,(H2,22,25)(H,23,26)/t18-/m1/s1. The van der Waals surface area contributed by atoms with Gasteiger partial charge >= 0.3 is 0 Å². The van der Waals surface area contributed by atoms with Crippen molar-refractivity contribution in [2.24, 2.45) is 5.73 Å². The molecular formula is C21H32N2O3. The van der Waals surface area contributed by atoms with Crippen molar-refractivity contribution in [1.29, 1.82) is 0 Å². The van der Waals surface area contributed by atoms with Gasteiger partial charge < -0.3 is 11.1 Å². The Labute approximate surface area is 156 Å². The lowest BCUT2D eigenvalue weighted by atomic mass is 10.0. The van der Waals surface area contributed by atoms with Gasteiger partial charge in [-0.25, -0.2) is 0 Å². The molecule has 0 heterocycles. The minimum atomic E-state index is -0.800. The van der Waals surface area contributed by atoms with Crippen LogP contribution in [0.1, 0.15) is 70.3 Å². The second kappa shape index (κ2) is 13.1. The number of rotatable bonds is 14. The molecule has 0 fully saturated rings. The van der Waals surface area contributed by atoms with E-state index in [1.807, 2.05) is 30.3 Å². The van der Waals surface area contributed by atoms with Crippen LogP contribution in [0.5, 0.6) is 0 Å². The number of aryl methyl sites for hydroxylation is 1. The minimum Gasteiger partial charge on any atom is -0.370 e. The van der Waals surface area contributed by atoms with Gasteiger partial charge in [-0.2, -0.15) is 0 Å². The van der Waals surface area contributed by atoms with Gasteiger partial charge in [0.2, 0.25) is 11.8 Å². The van der Waals surface area contributed by atoms with Crippen LogP contribution < -0.4 is 11.1 Å². The van der Waals surface area contributed by atoms with Crippen LogP contribution in [-0.4, -0.2) is 23.6 Å². The summed E-state index contributed by atoms with van der Waals surface area (Å²) in [5.74, 6) is -0.877. The van der Waals surface area contributed by atoms with Gasteiger partial charge in [-0.1, -0.05) is 62.9 Å². The highest BCUT2D eigenvalue weighted by Gasteiger charge is 2.22. The maximum atomic E-state index is 12.4. The fraction of sp³-hybridized carbons (Fsp3) is 0.571. The van der Waals surface area contributed by atoms with Crippen LogP contribution in [0.25, 0.3) is 0 Å². The number of carbonyl (C=O) groups is 3. The zero-order valence-corrected chi connectivity index (χ0v) is 15.8. The molecule has 1 rings (SSSR count). The van der Waals surface area contributed by atoms with Crippen molar-refractivity contribution in [3.63, 3.8) is 0 Å². The molecule has 0 saturated heterocycles. The second-order valence-corrected chi connectivity index (χ2v) is 6.76. The van der Waals surface area contributed by atoms with E-state index in [1.165, 1.54) is 12.0 Å². The van der Waals surface area contributed by atoms with Gasteiger partial charge in [-0.15, -0.1) is 0 Å². The first kappa shape index (κ1) is 21.9. The summed E-state index contributed by atoms with van der Waals surface area (Å²) in [6.45, 7) is 2.14. The number of unbranched alkanes of at least 4 members (excludes halogenated alkanes) is 4. The van der Waals surface area contributed by atoms with Gasteiger partial charge in [-0.3, -0.25) is 14.4 Å². The minimum absolute atomic E-state index is 0.126. The monoisotopic (exact) mass is 360 g/mol. The molecule has 2 amide bonds. The molecule has 26 heavy (non-hydrogen) atoms. The van der Waals surface area contributed by atoms with E-state index in [2.05, 4.69) is 12.2 Å². The number of nitrogens with one attached hydrogen (secondary N) is 1. The first-order valence-electron chi connectivity index (χ1n) is 9.67. The molecule has 1 atom stereocenters. The van der Waals surface area contributed by atoms with Crippen molar-refractivity contribution in [2.75, 3.05) is 0 Å². The third-order valence-electron chi connectivity index (χ3n) is 4.37. The maximum absolute atomic E-state index is 12.4. The van der Waals surface area contributed by atoms with Crippen LogP contribution in [0.4, 0.5) is 0 Å². The van der Waals surface area contributed by atoms with E-state index in [9.17, 15) is 14.4 Å². The number of benzene rings is 1.